The number of nitrogens with one attached hydrogen (secondary N) is 1. The maximum Gasteiger partial charge on any atom is 0.206 e. The monoisotopic (exact) mass is 287 g/mol. The molecule has 0 amide bonds. The first kappa shape index (κ1) is 13.1. The Bertz CT molecular complexity index is 732. The number of hydrogen-bond acceptors (Lipinski definition) is 5. The first-order valence-corrected chi connectivity index (χ1v) is 7.57. The molecule has 3 aromatic rings. The molecule has 4 nitrogen and oxygen atoms in total. The third kappa shape index (κ3) is 2.29. The fraction of sp³-hybridized carbons (Fsp3) is 0.333. The largest absolute Gasteiger partial charge is 0.459 e. The number of benzene rings is 1. The van der Waals surface area contributed by atoms with E-state index < -0.39 is 0 Å². The van der Waals surface area contributed by atoms with Gasteiger partial charge in [-0.2, -0.15) is 0 Å². The number of nitrogens with zero attached hydrogens (tertiary/aromatic N) is 2. The topological polar surface area (TPSA) is 51.0 Å². The SMILES string of the molecule is CCc1nnc(NC(C)c2oc3ccccc3c2C)s1. The Morgan fingerprint density at radius 1 is 1.30 bits per heavy atom. The van der Waals surface area contributed by atoms with Gasteiger partial charge in [0.25, 0.3) is 0 Å². The van der Waals surface area contributed by atoms with Gasteiger partial charge in [-0.25, -0.2) is 0 Å². The van der Waals surface area contributed by atoms with Crippen molar-refractivity contribution < 1.29 is 4.42 Å². The Balaban J connectivity index is 1.88. The van der Waals surface area contributed by atoms with E-state index >= 15 is 0 Å². The van der Waals surface area contributed by atoms with E-state index in [-0.39, 0.29) is 6.04 Å². The van der Waals surface area contributed by atoms with Crippen LogP contribution in [-0.4, -0.2) is 10.2 Å². The zero-order chi connectivity index (χ0) is 14.1. The highest BCUT2D eigenvalue weighted by atomic mass is 32.1. The van der Waals surface area contributed by atoms with Crippen LogP contribution in [0.15, 0.2) is 28.7 Å². The summed E-state index contributed by atoms with van der Waals surface area (Å²) in [6.45, 7) is 6.26. The fourth-order valence-corrected chi connectivity index (χ4v) is 3.08. The van der Waals surface area contributed by atoms with Crippen molar-refractivity contribution in [2.45, 2.75) is 33.2 Å². The van der Waals surface area contributed by atoms with Gasteiger partial charge in [0.15, 0.2) is 0 Å². The van der Waals surface area contributed by atoms with E-state index in [0.29, 0.717) is 0 Å². The number of anilines is 1. The Morgan fingerprint density at radius 2 is 2.10 bits per heavy atom. The molecule has 0 bridgehead atoms. The molecule has 0 radical (unpaired) electrons. The van der Waals surface area contributed by atoms with Crippen molar-refractivity contribution in [2.24, 2.45) is 0 Å². The van der Waals surface area contributed by atoms with E-state index in [2.05, 4.69) is 42.4 Å². The van der Waals surface area contributed by atoms with Crippen molar-refractivity contribution in [3.8, 4) is 0 Å². The molecule has 0 aliphatic heterocycles. The molecule has 1 atom stereocenters. The Labute approximate surface area is 121 Å². The van der Waals surface area contributed by atoms with Crippen molar-refractivity contribution in [3.05, 3.63) is 40.6 Å². The molecule has 5 heteroatoms. The molecule has 0 saturated heterocycles. The number of rotatable bonds is 4. The molecular weight excluding hydrogens is 270 g/mol. The molecule has 2 heterocycles. The predicted octanol–water partition coefficient (Wildman–Crippen LogP) is 4.33. The molecule has 0 spiro atoms. The smallest absolute Gasteiger partial charge is 0.206 e. The van der Waals surface area contributed by atoms with E-state index in [4.69, 9.17) is 4.42 Å². The average molecular weight is 287 g/mol. The molecule has 0 aliphatic carbocycles. The lowest BCUT2D eigenvalue weighted by Crippen LogP contribution is -2.06. The molecule has 104 valence electrons. The summed E-state index contributed by atoms with van der Waals surface area (Å²) in [6, 6.07) is 8.18. The van der Waals surface area contributed by atoms with E-state index in [9.17, 15) is 0 Å². The van der Waals surface area contributed by atoms with Gasteiger partial charge >= 0.3 is 0 Å². The minimum atomic E-state index is 0.0695. The van der Waals surface area contributed by atoms with Crippen LogP contribution in [0.25, 0.3) is 11.0 Å². The minimum Gasteiger partial charge on any atom is -0.459 e. The van der Waals surface area contributed by atoms with Crippen LogP contribution < -0.4 is 5.32 Å². The van der Waals surface area contributed by atoms with Crippen molar-refractivity contribution in [1.29, 1.82) is 0 Å². The van der Waals surface area contributed by atoms with Crippen LogP contribution in [0, 0.1) is 6.92 Å². The predicted molar refractivity (Wildman–Crippen MR) is 82.3 cm³/mol. The second kappa shape index (κ2) is 5.25. The van der Waals surface area contributed by atoms with Gasteiger partial charge in [0.2, 0.25) is 5.13 Å². The van der Waals surface area contributed by atoms with E-state index in [1.54, 1.807) is 11.3 Å². The molecule has 3 rings (SSSR count). The minimum absolute atomic E-state index is 0.0695. The van der Waals surface area contributed by atoms with E-state index in [0.717, 1.165) is 27.9 Å². The second-order valence-electron chi connectivity index (χ2n) is 4.81. The number of aryl methyl sites for hydroxylation is 2. The second-order valence-corrected chi connectivity index (χ2v) is 5.87. The molecule has 1 aromatic carbocycles. The van der Waals surface area contributed by atoms with E-state index in [1.165, 1.54) is 10.9 Å². The summed E-state index contributed by atoms with van der Waals surface area (Å²) in [7, 11) is 0. The molecule has 1 unspecified atom stereocenters. The van der Waals surface area contributed by atoms with Gasteiger partial charge in [-0.3, -0.25) is 0 Å². The van der Waals surface area contributed by atoms with Crippen LogP contribution in [0.4, 0.5) is 5.13 Å². The molecule has 1 N–H and O–H groups in total. The van der Waals surface area contributed by atoms with Crippen molar-refractivity contribution in [1.82, 2.24) is 10.2 Å². The lowest BCUT2D eigenvalue weighted by molar-refractivity contribution is 0.522. The van der Waals surface area contributed by atoms with Gasteiger partial charge in [-0.1, -0.05) is 36.5 Å². The average Bonchev–Trinajstić information content (AvgIpc) is 3.04. The summed E-state index contributed by atoms with van der Waals surface area (Å²) in [5.74, 6) is 0.958. The number of furan rings is 1. The van der Waals surface area contributed by atoms with Gasteiger partial charge < -0.3 is 9.73 Å². The molecule has 2 aromatic heterocycles. The first-order chi connectivity index (χ1) is 9.69. The summed E-state index contributed by atoms with van der Waals surface area (Å²) in [5.41, 5.74) is 2.11. The third-order valence-electron chi connectivity index (χ3n) is 3.38. The first-order valence-electron chi connectivity index (χ1n) is 6.76. The summed E-state index contributed by atoms with van der Waals surface area (Å²) < 4.78 is 5.96. The Hall–Kier alpha value is -1.88. The van der Waals surface area contributed by atoms with Crippen LogP contribution in [0.1, 0.15) is 36.2 Å². The third-order valence-corrected chi connectivity index (χ3v) is 4.38. The molecule has 20 heavy (non-hydrogen) atoms. The van der Waals surface area contributed by atoms with Gasteiger partial charge in [0.05, 0.1) is 6.04 Å². The maximum atomic E-state index is 5.96. The number of aromatic nitrogens is 2. The highest BCUT2D eigenvalue weighted by Crippen LogP contribution is 2.31. The molecule has 0 aliphatic rings. The summed E-state index contributed by atoms with van der Waals surface area (Å²) in [6.07, 6.45) is 0.914. The van der Waals surface area contributed by atoms with Crippen molar-refractivity contribution >= 4 is 27.4 Å². The zero-order valence-corrected chi connectivity index (χ0v) is 12.6. The lowest BCUT2D eigenvalue weighted by atomic mass is 10.1. The maximum absolute atomic E-state index is 5.96. The summed E-state index contributed by atoms with van der Waals surface area (Å²) in [5, 5.41) is 14.7. The Morgan fingerprint density at radius 3 is 2.80 bits per heavy atom. The molecule has 0 fully saturated rings. The van der Waals surface area contributed by atoms with Crippen LogP contribution in [0.2, 0.25) is 0 Å². The summed E-state index contributed by atoms with van der Waals surface area (Å²) >= 11 is 1.59. The highest BCUT2D eigenvalue weighted by molar-refractivity contribution is 7.15. The quantitative estimate of drug-likeness (QED) is 0.776. The van der Waals surface area contributed by atoms with Gasteiger partial charge in [-0.15, -0.1) is 10.2 Å². The van der Waals surface area contributed by atoms with Crippen LogP contribution in [-0.2, 0) is 6.42 Å². The van der Waals surface area contributed by atoms with E-state index in [1.807, 2.05) is 18.2 Å². The molecule has 0 saturated carbocycles. The number of fused-ring (bicyclic) bond motifs is 1. The van der Waals surface area contributed by atoms with Crippen LogP contribution in [0.5, 0.6) is 0 Å². The van der Waals surface area contributed by atoms with Crippen molar-refractivity contribution in [3.63, 3.8) is 0 Å². The Kier molecular flexibility index (Phi) is 3.44. The fourth-order valence-electron chi connectivity index (χ4n) is 2.31. The zero-order valence-electron chi connectivity index (χ0n) is 11.8. The van der Waals surface area contributed by atoms with Crippen molar-refractivity contribution in [2.75, 3.05) is 5.32 Å². The van der Waals surface area contributed by atoms with Gasteiger partial charge in [-0.05, 0) is 26.3 Å². The van der Waals surface area contributed by atoms with Gasteiger partial charge in [0.1, 0.15) is 16.4 Å². The summed E-state index contributed by atoms with van der Waals surface area (Å²) in [4.78, 5) is 0. The van der Waals surface area contributed by atoms with Gasteiger partial charge in [0, 0.05) is 10.9 Å². The van der Waals surface area contributed by atoms with Crippen LogP contribution in [0.3, 0.4) is 0 Å². The lowest BCUT2D eigenvalue weighted by Gasteiger charge is -2.10. The highest BCUT2D eigenvalue weighted by Gasteiger charge is 2.17. The number of para-hydroxylation sites is 1. The van der Waals surface area contributed by atoms with Crippen LogP contribution >= 0.6 is 11.3 Å². The number of hydrogen-bond donors (Lipinski definition) is 1. The normalized spacial score (nSPS) is 12.8. The molecular formula is C15H17N3OS. The standard InChI is InChI=1S/C15H17N3OS/c1-4-13-17-18-15(20-13)16-10(3)14-9(2)11-7-5-6-8-12(11)19-14/h5-8,10H,4H2,1-3H3,(H,16,18).